The molecule has 6 heteroatoms. The van der Waals surface area contributed by atoms with E-state index in [1.54, 1.807) is 0 Å². The van der Waals surface area contributed by atoms with Crippen molar-refractivity contribution in [2.45, 2.75) is 25.8 Å². The van der Waals surface area contributed by atoms with Crippen LogP contribution >= 0.6 is 0 Å². The zero-order valence-electron chi connectivity index (χ0n) is 14.9. The van der Waals surface area contributed by atoms with Gasteiger partial charge in [0.2, 0.25) is 5.95 Å². The van der Waals surface area contributed by atoms with Crippen molar-refractivity contribution in [3.63, 3.8) is 0 Å². The van der Waals surface area contributed by atoms with Gasteiger partial charge in [0.25, 0.3) is 0 Å². The van der Waals surface area contributed by atoms with Crippen LogP contribution in [0.4, 0.5) is 17.5 Å². The molecular weight excluding hydrogens is 324 g/mol. The fourth-order valence-electron chi connectivity index (χ4n) is 4.42. The molecule has 0 bridgehead atoms. The van der Waals surface area contributed by atoms with E-state index in [-0.39, 0.29) is 0 Å². The number of aromatic nitrogens is 2. The molecule has 6 nitrogen and oxygen atoms in total. The van der Waals surface area contributed by atoms with Gasteiger partial charge in [-0.25, -0.2) is 4.98 Å². The molecule has 1 aromatic heterocycles. The van der Waals surface area contributed by atoms with Crippen LogP contribution in [0.15, 0.2) is 35.5 Å². The largest absolute Gasteiger partial charge is 0.340 e. The van der Waals surface area contributed by atoms with Crippen LogP contribution in [-0.4, -0.2) is 42.4 Å². The second-order valence-corrected chi connectivity index (χ2v) is 7.70. The number of hydrogen-bond acceptors (Lipinski definition) is 6. The van der Waals surface area contributed by atoms with E-state index in [0.29, 0.717) is 5.41 Å². The minimum absolute atomic E-state index is 0.407. The minimum atomic E-state index is 0.407. The van der Waals surface area contributed by atoms with Crippen molar-refractivity contribution in [1.82, 2.24) is 15.3 Å². The summed E-state index contributed by atoms with van der Waals surface area (Å²) in [6, 6.07) is 8.29. The van der Waals surface area contributed by atoms with Gasteiger partial charge in [0.1, 0.15) is 5.82 Å². The lowest BCUT2D eigenvalue weighted by molar-refractivity contribution is 0.259. The topological polar surface area (TPSA) is 65.4 Å². The number of rotatable bonds is 3. The Morgan fingerprint density at radius 2 is 2.19 bits per heavy atom. The van der Waals surface area contributed by atoms with E-state index in [9.17, 15) is 0 Å². The second kappa shape index (κ2) is 6.36. The molecule has 1 spiro atoms. The molecule has 2 fully saturated rings. The van der Waals surface area contributed by atoms with Crippen LogP contribution in [0.2, 0.25) is 0 Å². The van der Waals surface area contributed by atoms with E-state index in [1.165, 1.54) is 30.4 Å². The smallest absolute Gasteiger partial charge is 0.227 e. The normalized spacial score (nSPS) is 24.2. The third kappa shape index (κ3) is 2.94. The van der Waals surface area contributed by atoms with Gasteiger partial charge in [-0.05, 0) is 55.1 Å². The number of benzene rings is 1. The zero-order valence-corrected chi connectivity index (χ0v) is 14.9. The first-order valence-electron chi connectivity index (χ1n) is 9.48. The van der Waals surface area contributed by atoms with Crippen molar-refractivity contribution in [2.75, 3.05) is 36.4 Å². The molecule has 0 amide bonds. The van der Waals surface area contributed by atoms with Gasteiger partial charge in [-0.3, -0.25) is 4.99 Å². The number of piperidine rings is 1. The van der Waals surface area contributed by atoms with Crippen molar-refractivity contribution in [3.05, 3.63) is 41.6 Å². The van der Waals surface area contributed by atoms with E-state index in [2.05, 4.69) is 43.7 Å². The molecule has 5 rings (SSSR count). The van der Waals surface area contributed by atoms with Crippen molar-refractivity contribution in [2.24, 2.45) is 10.4 Å². The number of anilines is 3. The maximum absolute atomic E-state index is 4.79. The fourth-order valence-corrected chi connectivity index (χ4v) is 4.42. The Morgan fingerprint density at radius 3 is 3.12 bits per heavy atom. The first-order chi connectivity index (χ1) is 12.8. The highest BCUT2D eigenvalue weighted by Gasteiger charge is 2.38. The van der Waals surface area contributed by atoms with Crippen LogP contribution < -0.4 is 15.5 Å². The monoisotopic (exact) mass is 348 g/mol. The Hall–Kier alpha value is -2.47. The average Bonchev–Trinajstić information content (AvgIpc) is 3.31. The lowest BCUT2D eigenvalue weighted by Gasteiger charge is -2.40. The standard InChI is InChI=1S/C20H24N6/c1-5-20(6-8-21-13-20)14-26(9-1)19-23-7-4-18(25-19)24-17-3-2-15-11-22-12-16(15)10-17/h2-4,7,10,12,21H,1,5-6,8-9,11,13-14H2,(H,23,24,25). The molecule has 1 unspecified atom stereocenters. The fraction of sp³-hybridized carbons (Fsp3) is 0.450. The summed E-state index contributed by atoms with van der Waals surface area (Å²) in [5.41, 5.74) is 3.92. The average molecular weight is 348 g/mol. The SMILES string of the molecule is C1=NCc2ccc(Nc3ccnc(N4CCCC5(CCNC5)C4)n3)cc21. The molecule has 2 aromatic rings. The van der Waals surface area contributed by atoms with Crippen molar-refractivity contribution >= 4 is 23.7 Å². The zero-order chi connectivity index (χ0) is 17.4. The number of fused-ring (bicyclic) bond motifs is 1. The van der Waals surface area contributed by atoms with Gasteiger partial charge in [-0.15, -0.1) is 0 Å². The highest BCUT2D eigenvalue weighted by Crippen LogP contribution is 2.36. The molecule has 2 saturated heterocycles. The molecule has 0 radical (unpaired) electrons. The number of nitrogens with one attached hydrogen (secondary N) is 2. The van der Waals surface area contributed by atoms with Crippen LogP contribution in [0, 0.1) is 5.41 Å². The predicted octanol–water partition coefficient (Wildman–Crippen LogP) is 2.73. The molecule has 0 aliphatic carbocycles. The van der Waals surface area contributed by atoms with Gasteiger partial charge >= 0.3 is 0 Å². The Bertz CT molecular complexity index is 840. The summed E-state index contributed by atoms with van der Waals surface area (Å²) >= 11 is 0. The summed E-state index contributed by atoms with van der Waals surface area (Å²) in [4.78, 5) is 16.0. The summed E-state index contributed by atoms with van der Waals surface area (Å²) in [5, 5.41) is 6.95. The van der Waals surface area contributed by atoms with Crippen molar-refractivity contribution in [3.8, 4) is 0 Å². The molecule has 1 atom stereocenters. The Morgan fingerprint density at radius 1 is 1.19 bits per heavy atom. The molecular formula is C20H24N6. The molecule has 3 aliphatic heterocycles. The quantitative estimate of drug-likeness (QED) is 0.893. The summed E-state index contributed by atoms with van der Waals surface area (Å²) in [6.07, 6.45) is 7.58. The highest BCUT2D eigenvalue weighted by molar-refractivity contribution is 5.86. The van der Waals surface area contributed by atoms with Crippen LogP contribution in [0.1, 0.15) is 30.4 Å². The molecule has 134 valence electrons. The maximum atomic E-state index is 4.79. The lowest BCUT2D eigenvalue weighted by atomic mass is 9.79. The molecule has 3 aliphatic rings. The third-order valence-electron chi connectivity index (χ3n) is 5.83. The van der Waals surface area contributed by atoms with Crippen LogP contribution in [0.3, 0.4) is 0 Å². The molecule has 1 aromatic carbocycles. The van der Waals surface area contributed by atoms with E-state index >= 15 is 0 Å². The Labute approximate surface area is 153 Å². The number of hydrogen-bond donors (Lipinski definition) is 2. The summed E-state index contributed by atoms with van der Waals surface area (Å²) in [6.45, 7) is 5.15. The van der Waals surface area contributed by atoms with Crippen LogP contribution in [0.5, 0.6) is 0 Å². The Kier molecular flexibility index (Phi) is 3.85. The first kappa shape index (κ1) is 15.8. The van der Waals surface area contributed by atoms with Gasteiger partial charge in [-0.1, -0.05) is 6.07 Å². The van der Waals surface area contributed by atoms with Gasteiger partial charge in [-0.2, -0.15) is 4.98 Å². The highest BCUT2D eigenvalue weighted by atomic mass is 15.3. The molecule has 0 saturated carbocycles. The van der Waals surface area contributed by atoms with E-state index in [0.717, 1.165) is 50.2 Å². The van der Waals surface area contributed by atoms with E-state index in [1.807, 2.05) is 18.5 Å². The van der Waals surface area contributed by atoms with Gasteiger partial charge in [0, 0.05) is 43.1 Å². The molecule has 26 heavy (non-hydrogen) atoms. The number of nitrogens with zero attached hydrogens (tertiary/aromatic N) is 4. The van der Waals surface area contributed by atoms with Gasteiger partial charge in [0.05, 0.1) is 6.54 Å². The van der Waals surface area contributed by atoms with Gasteiger partial charge in [0.15, 0.2) is 0 Å². The van der Waals surface area contributed by atoms with Crippen LogP contribution in [-0.2, 0) is 6.54 Å². The van der Waals surface area contributed by atoms with Crippen molar-refractivity contribution in [1.29, 1.82) is 0 Å². The third-order valence-corrected chi connectivity index (χ3v) is 5.83. The van der Waals surface area contributed by atoms with E-state index < -0.39 is 0 Å². The maximum Gasteiger partial charge on any atom is 0.227 e. The first-order valence-corrected chi connectivity index (χ1v) is 9.48. The summed E-state index contributed by atoms with van der Waals surface area (Å²) < 4.78 is 0. The van der Waals surface area contributed by atoms with Crippen molar-refractivity contribution < 1.29 is 0 Å². The minimum Gasteiger partial charge on any atom is -0.340 e. The van der Waals surface area contributed by atoms with Gasteiger partial charge < -0.3 is 15.5 Å². The van der Waals surface area contributed by atoms with Crippen LogP contribution in [0.25, 0.3) is 0 Å². The summed E-state index contributed by atoms with van der Waals surface area (Å²) in [5.74, 6) is 1.68. The molecule has 4 heterocycles. The lowest BCUT2D eigenvalue weighted by Crippen LogP contribution is -2.45. The molecule has 2 N–H and O–H groups in total. The predicted molar refractivity (Wildman–Crippen MR) is 104 cm³/mol. The number of aliphatic imine (C=N–C) groups is 1. The summed E-state index contributed by atoms with van der Waals surface area (Å²) in [7, 11) is 0. The second-order valence-electron chi connectivity index (χ2n) is 7.70. The van der Waals surface area contributed by atoms with E-state index in [4.69, 9.17) is 4.98 Å². The Balaban J connectivity index is 1.35.